The smallest absolute Gasteiger partial charge is 0.328 e. The molecule has 338 valence electrons. The molecule has 4 aliphatic carbocycles. The topological polar surface area (TPSA) is 209 Å². The van der Waals surface area contributed by atoms with Gasteiger partial charge in [0.15, 0.2) is 17.4 Å². The van der Waals surface area contributed by atoms with Crippen LogP contribution in [0.15, 0.2) is 71.9 Å². The van der Waals surface area contributed by atoms with E-state index >= 15 is 0 Å². The quantitative estimate of drug-likeness (QED) is 0.125. The average Bonchev–Trinajstić information content (AvgIpc) is 3.51. The number of aromatic nitrogens is 1. The molecule has 62 heavy (non-hydrogen) atoms. The number of carbonyl (C=O) groups excluding carboxylic acids is 2. The van der Waals surface area contributed by atoms with Crippen molar-refractivity contribution in [2.24, 2.45) is 34.5 Å². The number of hydrogen-bond donors (Lipinski definition) is 4. The highest BCUT2D eigenvalue weighted by Gasteiger charge is 2.59. The van der Waals surface area contributed by atoms with E-state index in [-0.39, 0.29) is 22.5 Å². The fraction of sp³-hybridized carbons (Fsp3) is 0.553. The van der Waals surface area contributed by atoms with Crippen LogP contribution in [0.5, 0.6) is 0 Å². The van der Waals surface area contributed by atoms with E-state index in [4.69, 9.17) is 25.4 Å². The number of ketones is 2. The first-order valence-electron chi connectivity index (χ1n) is 21.8. The fourth-order valence-corrected chi connectivity index (χ4v) is 10.5. The van der Waals surface area contributed by atoms with Crippen molar-refractivity contribution < 1.29 is 49.2 Å². The van der Waals surface area contributed by atoms with Gasteiger partial charge in [-0.1, -0.05) is 37.1 Å². The van der Waals surface area contributed by atoms with Crippen LogP contribution >= 0.6 is 0 Å². The number of aliphatic carboxylic acids is 4. The van der Waals surface area contributed by atoms with Crippen molar-refractivity contribution in [2.75, 3.05) is 73.6 Å². The number of allylic oxidation sites excluding steroid dienone is 6. The normalized spacial score (nSPS) is 26.4. The van der Waals surface area contributed by atoms with E-state index in [0.717, 1.165) is 89.7 Å². The summed E-state index contributed by atoms with van der Waals surface area (Å²) in [5, 5.41) is 31.2. The van der Waals surface area contributed by atoms with Gasteiger partial charge in [-0.05, 0) is 108 Å². The van der Waals surface area contributed by atoms with Crippen LogP contribution in [0.1, 0.15) is 74.1 Å². The second-order valence-corrected chi connectivity index (χ2v) is 17.0. The fourth-order valence-electron chi connectivity index (χ4n) is 10.5. The van der Waals surface area contributed by atoms with E-state index in [9.17, 15) is 28.8 Å². The molecular formula is C47H65N5O10. The van der Waals surface area contributed by atoms with Gasteiger partial charge < -0.3 is 35.1 Å². The molecule has 1 aromatic rings. The monoisotopic (exact) mass is 859 g/mol. The molecule has 0 radical (unpaired) electrons. The van der Waals surface area contributed by atoms with Crippen molar-refractivity contribution in [3.05, 3.63) is 71.9 Å². The minimum Gasteiger partial charge on any atom is -0.478 e. The summed E-state index contributed by atoms with van der Waals surface area (Å²) in [5.41, 5.74) is 3.88. The van der Waals surface area contributed by atoms with Crippen LogP contribution in [-0.2, 0) is 28.8 Å². The molecule has 0 bridgehead atoms. The Hall–Kier alpha value is -5.57. The zero-order valence-corrected chi connectivity index (χ0v) is 37.2. The van der Waals surface area contributed by atoms with E-state index in [1.165, 1.54) is 16.8 Å². The zero-order valence-electron chi connectivity index (χ0n) is 37.2. The van der Waals surface area contributed by atoms with E-state index in [1.54, 1.807) is 6.08 Å². The lowest BCUT2D eigenvalue weighted by atomic mass is 9.52. The van der Waals surface area contributed by atoms with Crippen LogP contribution in [0, 0.1) is 34.5 Å². The Bertz CT molecular complexity index is 1920. The molecule has 2 saturated carbocycles. The maximum absolute atomic E-state index is 14.3. The summed E-state index contributed by atoms with van der Waals surface area (Å²) in [6, 6.07) is 4.44. The zero-order chi connectivity index (χ0) is 45.9. The maximum Gasteiger partial charge on any atom is 0.328 e. The Morgan fingerprint density at radius 2 is 1.37 bits per heavy atom. The number of nitrogens with zero attached hydrogens (tertiary/aromatic N) is 5. The largest absolute Gasteiger partial charge is 0.478 e. The lowest BCUT2D eigenvalue weighted by Gasteiger charge is -2.52. The lowest BCUT2D eigenvalue weighted by molar-refractivity contribution is -0.134. The predicted molar refractivity (Wildman–Crippen MR) is 238 cm³/mol. The van der Waals surface area contributed by atoms with Gasteiger partial charge in [-0.25, -0.2) is 24.2 Å². The molecule has 0 aromatic carbocycles. The summed E-state index contributed by atoms with van der Waals surface area (Å²) in [5.74, 6) is -0.803. The first-order chi connectivity index (χ1) is 29.3. The third-order valence-electron chi connectivity index (χ3n) is 13.5. The van der Waals surface area contributed by atoms with Gasteiger partial charge >= 0.3 is 23.9 Å². The van der Waals surface area contributed by atoms with Gasteiger partial charge in [-0.2, -0.15) is 0 Å². The number of Topliss-reactive ketones (excluding diaryl/α,β-unsaturated/α-hetero) is 1. The van der Waals surface area contributed by atoms with Gasteiger partial charge in [-0.3, -0.25) is 14.5 Å². The van der Waals surface area contributed by atoms with Gasteiger partial charge in [0.25, 0.3) is 0 Å². The standard InChI is InChI=1S/C39H57N5O2.2C4H4O4/c1-8-42(9-2)33-14-15-35(43(10-3)11-4)40-37(33)44-22-20-41(21-23-44)26-34(46)36-27(5)24-32-30-13-12-28-25-29(45)16-18-38(28,6)31(30)17-19-39(32,36)7;2*5-3(6)1-2-4(7)8/h14-18,25,27,30,32,36H,8-13,19-24,26H2,1-7H3;2*1-2H,(H,5,6)(H,7,8)/b;2*2-1-/t27-,30?,32?,36-,38+,39+;;/m1../s1. The van der Waals surface area contributed by atoms with E-state index in [1.807, 2.05) is 6.08 Å². The van der Waals surface area contributed by atoms with E-state index < -0.39 is 23.9 Å². The summed E-state index contributed by atoms with van der Waals surface area (Å²) in [6.07, 6.45) is 14.7. The molecule has 1 aromatic heterocycles. The van der Waals surface area contributed by atoms with Crippen molar-refractivity contribution in [3.63, 3.8) is 0 Å². The summed E-state index contributed by atoms with van der Waals surface area (Å²) in [4.78, 5) is 79.5. The summed E-state index contributed by atoms with van der Waals surface area (Å²) >= 11 is 0. The SMILES string of the molecule is CCN(CC)c1ccc(N(CC)CC)c(N2CCN(CC(=O)[C@H]3[C@H](C)CC4C5CCC6=CC(=O)C=C[C@]6(C)C5=CC[C@@]43C)CC2)n1.O=C(O)/C=C\C(=O)O.O=C(O)/C=C\C(=O)O. The molecule has 4 N–H and O–H groups in total. The molecule has 0 amide bonds. The molecule has 2 unspecified atom stereocenters. The average molecular weight is 860 g/mol. The first-order valence-corrected chi connectivity index (χ1v) is 21.8. The summed E-state index contributed by atoms with van der Waals surface area (Å²) in [6.45, 7) is 23.7. The first kappa shape index (κ1) is 49.1. The molecule has 5 aliphatic rings. The number of carboxylic acids is 4. The van der Waals surface area contributed by atoms with E-state index in [2.05, 4.69) is 92.4 Å². The lowest BCUT2D eigenvalue weighted by Crippen LogP contribution is -2.51. The number of hydrogen-bond acceptors (Lipinski definition) is 11. The molecular weight excluding hydrogens is 795 g/mol. The van der Waals surface area contributed by atoms with Crippen LogP contribution in [0.2, 0.25) is 0 Å². The van der Waals surface area contributed by atoms with Gasteiger partial charge in [0.2, 0.25) is 0 Å². The minimum atomic E-state index is -1.26. The van der Waals surface area contributed by atoms with Crippen LogP contribution in [0.25, 0.3) is 0 Å². The summed E-state index contributed by atoms with van der Waals surface area (Å²) < 4.78 is 0. The summed E-state index contributed by atoms with van der Waals surface area (Å²) in [7, 11) is 0. The minimum absolute atomic E-state index is 0.00568. The Morgan fingerprint density at radius 1 is 0.823 bits per heavy atom. The van der Waals surface area contributed by atoms with Crippen LogP contribution in [0.3, 0.4) is 0 Å². The highest BCUT2D eigenvalue weighted by molar-refractivity contribution is 6.01. The third kappa shape index (κ3) is 11.5. The number of pyridine rings is 1. The molecule has 0 spiro atoms. The van der Waals surface area contributed by atoms with Crippen molar-refractivity contribution in [1.29, 1.82) is 0 Å². The maximum atomic E-state index is 14.3. The third-order valence-corrected chi connectivity index (χ3v) is 13.5. The van der Waals surface area contributed by atoms with Crippen molar-refractivity contribution in [3.8, 4) is 0 Å². The number of rotatable bonds is 14. The van der Waals surface area contributed by atoms with Gasteiger partial charge in [-0.15, -0.1) is 0 Å². The Balaban J connectivity index is 0.000000448. The molecule has 1 saturated heterocycles. The molecule has 6 atom stereocenters. The number of piperazine rings is 1. The van der Waals surface area contributed by atoms with Gasteiger partial charge in [0.05, 0.1) is 12.2 Å². The number of anilines is 3. The molecule has 6 rings (SSSR count). The second-order valence-electron chi connectivity index (χ2n) is 17.0. The van der Waals surface area contributed by atoms with Gasteiger partial charge in [0.1, 0.15) is 5.82 Å². The Morgan fingerprint density at radius 3 is 1.89 bits per heavy atom. The predicted octanol–water partition coefficient (Wildman–Crippen LogP) is 5.98. The molecule has 15 heteroatoms. The highest BCUT2D eigenvalue weighted by Crippen LogP contribution is 2.65. The van der Waals surface area contributed by atoms with Crippen LogP contribution in [-0.4, -0.2) is 125 Å². The number of carbonyl (C=O) groups is 6. The number of carboxylic acid groups (broad SMARTS) is 4. The molecule has 15 nitrogen and oxygen atoms in total. The number of fused-ring (bicyclic) bond motifs is 5. The molecule has 2 heterocycles. The Kier molecular flexibility index (Phi) is 17.0. The van der Waals surface area contributed by atoms with Crippen molar-refractivity contribution in [2.45, 2.75) is 74.1 Å². The molecule has 1 aliphatic heterocycles. The van der Waals surface area contributed by atoms with Crippen LogP contribution in [0.4, 0.5) is 17.3 Å². The van der Waals surface area contributed by atoms with Crippen molar-refractivity contribution >= 4 is 52.8 Å². The second kappa shape index (κ2) is 21.5. The highest BCUT2D eigenvalue weighted by atomic mass is 16.4. The van der Waals surface area contributed by atoms with Crippen molar-refractivity contribution in [1.82, 2.24) is 9.88 Å². The van der Waals surface area contributed by atoms with Gasteiger partial charge in [0, 0.05) is 88.0 Å². The van der Waals surface area contributed by atoms with E-state index in [0.29, 0.717) is 54.4 Å². The molecule has 3 fully saturated rings. The van der Waals surface area contributed by atoms with Crippen LogP contribution < -0.4 is 14.7 Å². The Labute approximate surface area is 365 Å².